The molecule has 0 aromatic heterocycles. The van der Waals surface area contributed by atoms with E-state index in [0.717, 1.165) is 0 Å². The Bertz CT molecular complexity index is 625. The van der Waals surface area contributed by atoms with Crippen molar-refractivity contribution in [2.45, 2.75) is 13.8 Å². The summed E-state index contributed by atoms with van der Waals surface area (Å²) < 4.78 is 14.5. The van der Waals surface area contributed by atoms with Crippen molar-refractivity contribution in [2.24, 2.45) is 0 Å². The molecule has 0 fully saturated rings. The summed E-state index contributed by atoms with van der Waals surface area (Å²) in [7, 11) is 1.54. The minimum absolute atomic E-state index is 0.145. The van der Waals surface area contributed by atoms with Gasteiger partial charge in [-0.1, -0.05) is 6.08 Å². The molecule has 0 saturated heterocycles. The fourth-order valence-corrected chi connectivity index (χ4v) is 1.58. The summed E-state index contributed by atoms with van der Waals surface area (Å²) in [6, 6.07) is 6.57. The van der Waals surface area contributed by atoms with Gasteiger partial charge in [-0.15, -0.1) is 0 Å². The van der Waals surface area contributed by atoms with Gasteiger partial charge < -0.3 is 14.2 Å². The molecule has 0 aliphatic carbocycles. The van der Waals surface area contributed by atoms with E-state index < -0.39 is 11.9 Å². The molecular formula is C17H18O6. The van der Waals surface area contributed by atoms with Crippen LogP contribution in [0.1, 0.15) is 24.2 Å². The summed E-state index contributed by atoms with van der Waals surface area (Å²) in [6.07, 6.45) is 3.78. The molecular weight excluding hydrogens is 300 g/mol. The van der Waals surface area contributed by atoms with E-state index in [1.165, 1.54) is 32.3 Å². The van der Waals surface area contributed by atoms with E-state index in [1.54, 1.807) is 31.2 Å². The third-order valence-corrected chi connectivity index (χ3v) is 2.60. The van der Waals surface area contributed by atoms with Gasteiger partial charge in [0.1, 0.15) is 5.75 Å². The molecule has 0 N–H and O–H groups in total. The van der Waals surface area contributed by atoms with E-state index in [1.807, 2.05) is 0 Å². The standard InChI is InChI=1S/C17H18O6/c1-4-22-17(20)16(23-12(2)18)7-5-6-15(19)13-8-10-14(21-3)11-9-13/h5-11H,4H2,1-3H3/b6-5+,16-7-. The maximum atomic E-state index is 12.0. The maximum Gasteiger partial charge on any atom is 0.374 e. The van der Waals surface area contributed by atoms with Crippen LogP contribution >= 0.6 is 0 Å². The number of hydrogen-bond acceptors (Lipinski definition) is 6. The Hall–Kier alpha value is -2.89. The number of esters is 2. The van der Waals surface area contributed by atoms with Crippen molar-refractivity contribution in [2.75, 3.05) is 13.7 Å². The molecule has 0 spiro atoms. The van der Waals surface area contributed by atoms with Crippen molar-refractivity contribution in [3.63, 3.8) is 0 Å². The normalized spacial score (nSPS) is 11.2. The van der Waals surface area contributed by atoms with Gasteiger partial charge in [0, 0.05) is 12.5 Å². The Morgan fingerprint density at radius 3 is 2.30 bits per heavy atom. The molecule has 0 aliphatic rings. The molecule has 0 unspecified atom stereocenters. The second kappa shape index (κ2) is 9.19. The van der Waals surface area contributed by atoms with Crippen LogP contribution in [0.4, 0.5) is 0 Å². The van der Waals surface area contributed by atoms with Gasteiger partial charge in [0.2, 0.25) is 5.76 Å². The van der Waals surface area contributed by atoms with Crippen LogP contribution in [0.5, 0.6) is 5.75 Å². The number of allylic oxidation sites excluding steroid dienone is 3. The van der Waals surface area contributed by atoms with Gasteiger partial charge in [-0.25, -0.2) is 4.79 Å². The Kier molecular flexibility index (Phi) is 7.26. The SMILES string of the molecule is CCOC(=O)/C(=C/C=C/C(=O)c1ccc(OC)cc1)OC(C)=O. The minimum Gasteiger partial charge on any atom is -0.497 e. The summed E-state index contributed by atoms with van der Waals surface area (Å²) >= 11 is 0. The highest BCUT2D eigenvalue weighted by atomic mass is 16.6. The first kappa shape index (κ1) is 18.2. The van der Waals surface area contributed by atoms with Gasteiger partial charge in [-0.05, 0) is 43.3 Å². The smallest absolute Gasteiger partial charge is 0.374 e. The lowest BCUT2D eigenvalue weighted by atomic mass is 10.1. The van der Waals surface area contributed by atoms with Crippen LogP contribution in [-0.4, -0.2) is 31.4 Å². The molecule has 6 nitrogen and oxygen atoms in total. The van der Waals surface area contributed by atoms with Crippen LogP contribution in [0.3, 0.4) is 0 Å². The number of hydrogen-bond donors (Lipinski definition) is 0. The summed E-state index contributed by atoms with van der Waals surface area (Å²) in [6.45, 7) is 2.94. The highest BCUT2D eigenvalue weighted by Gasteiger charge is 2.13. The molecule has 0 atom stereocenters. The van der Waals surface area contributed by atoms with E-state index in [4.69, 9.17) is 14.2 Å². The highest BCUT2D eigenvalue weighted by Crippen LogP contribution is 2.12. The van der Waals surface area contributed by atoms with E-state index >= 15 is 0 Å². The van der Waals surface area contributed by atoms with Crippen molar-refractivity contribution >= 4 is 17.7 Å². The molecule has 0 bridgehead atoms. The van der Waals surface area contributed by atoms with Crippen LogP contribution < -0.4 is 4.74 Å². The van der Waals surface area contributed by atoms with Crippen molar-refractivity contribution in [1.82, 2.24) is 0 Å². The van der Waals surface area contributed by atoms with Gasteiger partial charge in [0.05, 0.1) is 13.7 Å². The summed E-state index contributed by atoms with van der Waals surface area (Å²) in [4.78, 5) is 34.5. The topological polar surface area (TPSA) is 78.9 Å². The first-order chi connectivity index (χ1) is 11.0. The fraction of sp³-hybridized carbons (Fsp3) is 0.235. The third-order valence-electron chi connectivity index (χ3n) is 2.60. The predicted octanol–water partition coefficient (Wildman–Crippen LogP) is 2.44. The molecule has 1 aromatic carbocycles. The molecule has 0 amide bonds. The van der Waals surface area contributed by atoms with E-state index in [0.29, 0.717) is 11.3 Å². The molecule has 1 aromatic rings. The van der Waals surface area contributed by atoms with Crippen LogP contribution in [0.25, 0.3) is 0 Å². The van der Waals surface area contributed by atoms with Crippen LogP contribution in [0.15, 0.2) is 48.3 Å². The molecule has 0 heterocycles. The number of methoxy groups -OCH3 is 1. The van der Waals surface area contributed by atoms with E-state index in [9.17, 15) is 14.4 Å². The second-order valence-corrected chi connectivity index (χ2v) is 4.30. The van der Waals surface area contributed by atoms with E-state index in [2.05, 4.69) is 0 Å². The average Bonchev–Trinajstić information content (AvgIpc) is 2.53. The lowest BCUT2D eigenvalue weighted by molar-refractivity contribution is -0.150. The first-order valence-corrected chi connectivity index (χ1v) is 6.90. The molecule has 1 rings (SSSR count). The van der Waals surface area contributed by atoms with Crippen LogP contribution in [0, 0.1) is 0 Å². The first-order valence-electron chi connectivity index (χ1n) is 6.90. The lowest BCUT2D eigenvalue weighted by Crippen LogP contribution is -2.12. The van der Waals surface area contributed by atoms with Gasteiger partial charge >= 0.3 is 11.9 Å². The third kappa shape index (κ3) is 6.17. The summed E-state index contributed by atoms with van der Waals surface area (Å²) in [5.74, 6) is -1.33. The Morgan fingerprint density at radius 2 is 1.78 bits per heavy atom. The molecule has 23 heavy (non-hydrogen) atoms. The van der Waals surface area contributed by atoms with Crippen LogP contribution in [-0.2, 0) is 19.1 Å². The van der Waals surface area contributed by atoms with Crippen molar-refractivity contribution in [3.8, 4) is 5.75 Å². The Balaban J connectivity index is 2.83. The lowest BCUT2D eigenvalue weighted by Gasteiger charge is -2.04. The highest BCUT2D eigenvalue weighted by molar-refractivity contribution is 6.04. The van der Waals surface area contributed by atoms with Crippen molar-refractivity contribution in [1.29, 1.82) is 0 Å². The van der Waals surface area contributed by atoms with Crippen molar-refractivity contribution < 1.29 is 28.6 Å². The fourth-order valence-electron chi connectivity index (χ4n) is 1.58. The maximum absolute atomic E-state index is 12.0. The molecule has 6 heteroatoms. The summed E-state index contributed by atoms with van der Waals surface area (Å²) in [5, 5.41) is 0. The van der Waals surface area contributed by atoms with Gasteiger partial charge in [0.15, 0.2) is 5.78 Å². The molecule has 0 aliphatic heterocycles. The number of ether oxygens (including phenoxy) is 3. The summed E-state index contributed by atoms with van der Waals surface area (Å²) in [5.41, 5.74) is 0.459. The average molecular weight is 318 g/mol. The number of carbonyl (C=O) groups excluding carboxylic acids is 3. The van der Waals surface area contributed by atoms with Gasteiger partial charge in [0.25, 0.3) is 0 Å². The molecule has 122 valence electrons. The molecule has 0 radical (unpaired) electrons. The van der Waals surface area contributed by atoms with Crippen LogP contribution in [0.2, 0.25) is 0 Å². The zero-order chi connectivity index (χ0) is 17.2. The quantitative estimate of drug-likeness (QED) is 0.253. The zero-order valence-electron chi connectivity index (χ0n) is 13.2. The largest absolute Gasteiger partial charge is 0.497 e. The number of rotatable bonds is 7. The Morgan fingerprint density at radius 1 is 1.13 bits per heavy atom. The minimum atomic E-state index is -0.774. The monoisotopic (exact) mass is 318 g/mol. The van der Waals surface area contributed by atoms with Gasteiger partial charge in [-0.2, -0.15) is 0 Å². The molecule has 0 saturated carbocycles. The second-order valence-electron chi connectivity index (χ2n) is 4.30. The number of carbonyl (C=O) groups is 3. The Labute approximate surface area is 134 Å². The number of benzene rings is 1. The zero-order valence-corrected chi connectivity index (χ0v) is 13.2. The number of ketones is 1. The van der Waals surface area contributed by atoms with Crippen molar-refractivity contribution in [3.05, 3.63) is 53.8 Å². The predicted molar refractivity (Wildman–Crippen MR) is 82.9 cm³/mol. The van der Waals surface area contributed by atoms with E-state index in [-0.39, 0.29) is 18.1 Å². The van der Waals surface area contributed by atoms with Gasteiger partial charge in [-0.3, -0.25) is 9.59 Å².